The third-order valence-electron chi connectivity index (χ3n) is 3.53. The van der Waals surface area contributed by atoms with Crippen molar-refractivity contribution >= 4 is 5.91 Å². The van der Waals surface area contributed by atoms with E-state index in [4.69, 9.17) is 10.8 Å². The molecule has 0 aromatic heterocycles. The van der Waals surface area contributed by atoms with Crippen LogP contribution in [-0.2, 0) is 4.79 Å². The largest absolute Gasteiger partial charge is 0.396 e. The molecule has 0 aliphatic heterocycles. The number of rotatable bonds is 8. The van der Waals surface area contributed by atoms with E-state index in [0.29, 0.717) is 18.9 Å². The van der Waals surface area contributed by atoms with Crippen molar-refractivity contribution in [3.63, 3.8) is 0 Å². The van der Waals surface area contributed by atoms with Gasteiger partial charge in [-0.2, -0.15) is 0 Å². The number of amides is 1. The van der Waals surface area contributed by atoms with E-state index in [0.717, 1.165) is 32.2 Å². The standard InChI is InChI=1S/C12H24N2O2/c1-10(8-13)2-3-11(16)14-9-12(4-5-12)6-7-15/h10,15H,2-9,13H2,1H3,(H,14,16). The molecule has 1 atom stereocenters. The monoisotopic (exact) mass is 228 g/mol. The molecule has 1 aliphatic rings. The van der Waals surface area contributed by atoms with Gasteiger partial charge in [0.1, 0.15) is 0 Å². The van der Waals surface area contributed by atoms with Crippen LogP contribution >= 0.6 is 0 Å². The van der Waals surface area contributed by atoms with Crippen LogP contribution in [0.25, 0.3) is 0 Å². The summed E-state index contributed by atoms with van der Waals surface area (Å²) in [5.74, 6) is 0.530. The summed E-state index contributed by atoms with van der Waals surface area (Å²) in [6.07, 6.45) is 4.50. The summed E-state index contributed by atoms with van der Waals surface area (Å²) in [6.45, 7) is 3.65. The van der Waals surface area contributed by atoms with Crippen LogP contribution in [0.5, 0.6) is 0 Å². The molecule has 4 nitrogen and oxygen atoms in total. The average Bonchev–Trinajstić information content (AvgIpc) is 3.04. The van der Waals surface area contributed by atoms with Gasteiger partial charge in [-0.1, -0.05) is 6.92 Å². The van der Waals surface area contributed by atoms with E-state index in [-0.39, 0.29) is 17.9 Å². The molecule has 1 saturated carbocycles. The summed E-state index contributed by atoms with van der Waals surface area (Å²) in [5.41, 5.74) is 5.70. The van der Waals surface area contributed by atoms with Crippen molar-refractivity contribution < 1.29 is 9.90 Å². The first-order chi connectivity index (χ1) is 7.62. The highest BCUT2D eigenvalue weighted by Gasteiger charge is 2.41. The molecule has 4 heteroatoms. The van der Waals surface area contributed by atoms with E-state index >= 15 is 0 Å². The zero-order valence-electron chi connectivity index (χ0n) is 10.2. The van der Waals surface area contributed by atoms with Crippen LogP contribution in [0, 0.1) is 11.3 Å². The summed E-state index contributed by atoms with van der Waals surface area (Å²) in [7, 11) is 0. The minimum atomic E-state index is 0.115. The molecule has 1 fully saturated rings. The molecule has 0 radical (unpaired) electrons. The van der Waals surface area contributed by atoms with Gasteiger partial charge in [0.2, 0.25) is 5.91 Å². The lowest BCUT2D eigenvalue weighted by Gasteiger charge is -2.15. The first-order valence-electron chi connectivity index (χ1n) is 6.19. The molecule has 1 amide bonds. The summed E-state index contributed by atoms with van der Waals surface area (Å²) >= 11 is 0. The van der Waals surface area contributed by atoms with Gasteiger partial charge in [-0.25, -0.2) is 0 Å². The summed E-state index contributed by atoms with van der Waals surface area (Å²) < 4.78 is 0. The van der Waals surface area contributed by atoms with Crippen molar-refractivity contribution in [1.29, 1.82) is 0 Å². The van der Waals surface area contributed by atoms with Crippen molar-refractivity contribution in [2.24, 2.45) is 17.1 Å². The molecule has 4 N–H and O–H groups in total. The molecule has 0 bridgehead atoms. The summed E-state index contributed by atoms with van der Waals surface area (Å²) in [6, 6.07) is 0. The Morgan fingerprint density at radius 2 is 2.25 bits per heavy atom. The maximum absolute atomic E-state index is 11.5. The Balaban J connectivity index is 2.11. The Morgan fingerprint density at radius 3 is 2.75 bits per heavy atom. The van der Waals surface area contributed by atoms with Crippen molar-refractivity contribution in [3.8, 4) is 0 Å². The lowest BCUT2D eigenvalue weighted by atomic mass is 10.0. The Kier molecular flexibility index (Phi) is 5.22. The molecule has 0 heterocycles. The zero-order valence-corrected chi connectivity index (χ0v) is 10.2. The fourth-order valence-corrected chi connectivity index (χ4v) is 1.80. The van der Waals surface area contributed by atoms with Gasteiger partial charge >= 0.3 is 0 Å². The van der Waals surface area contributed by atoms with Gasteiger partial charge in [0.05, 0.1) is 0 Å². The highest BCUT2D eigenvalue weighted by atomic mass is 16.3. The first kappa shape index (κ1) is 13.5. The lowest BCUT2D eigenvalue weighted by Crippen LogP contribution is -2.31. The first-order valence-corrected chi connectivity index (χ1v) is 6.19. The number of hydrogen-bond donors (Lipinski definition) is 3. The second-order valence-electron chi connectivity index (χ2n) is 5.13. The van der Waals surface area contributed by atoms with Crippen molar-refractivity contribution in [2.45, 2.75) is 39.0 Å². The van der Waals surface area contributed by atoms with Crippen LogP contribution in [0.3, 0.4) is 0 Å². The molecular formula is C12H24N2O2. The van der Waals surface area contributed by atoms with E-state index < -0.39 is 0 Å². The maximum atomic E-state index is 11.5. The highest BCUT2D eigenvalue weighted by Crippen LogP contribution is 2.47. The molecule has 1 unspecified atom stereocenters. The van der Waals surface area contributed by atoms with Crippen LogP contribution in [0.4, 0.5) is 0 Å². The smallest absolute Gasteiger partial charge is 0.220 e. The molecule has 0 aromatic carbocycles. The molecule has 94 valence electrons. The number of aliphatic hydroxyl groups excluding tert-OH is 1. The Hall–Kier alpha value is -0.610. The van der Waals surface area contributed by atoms with E-state index in [9.17, 15) is 4.79 Å². The topological polar surface area (TPSA) is 75.4 Å². The minimum Gasteiger partial charge on any atom is -0.396 e. The van der Waals surface area contributed by atoms with Crippen molar-refractivity contribution in [1.82, 2.24) is 5.32 Å². The molecular weight excluding hydrogens is 204 g/mol. The van der Waals surface area contributed by atoms with Gasteiger partial charge in [0.25, 0.3) is 0 Å². The van der Waals surface area contributed by atoms with Gasteiger partial charge in [-0.05, 0) is 43.6 Å². The number of hydrogen-bond acceptors (Lipinski definition) is 3. The Labute approximate surface area is 97.6 Å². The predicted octanol–water partition coefficient (Wildman–Crippen LogP) is 0.640. The van der Waals surface area contributed by atoms with Crippen LogP contribution in [0.15, 0.2) is 0 Å². The van der Waals surface area contributed by atoms with E-state index in [1.54, 1.807) is 0 Å². The van der Waals surface area contributed by atoms with E-state index in [1.807, 2.05) is 0 Å². The molecule has 0 saturated heterocycles. The Bertz CT molecular complexity index is 227. The Morgan fingerprint density at radius 1 is 1.56 bits per heavy atom. The summed E-state index contributed by atoms with van der Waals surface area (Å²) in [4.78, 5) is 11.5. The van der Waals surface area contributed by atoms with E-state index in [2.05, 4.69) is 12.2 Å². The SMILES string of the molecule is CC(CN)CCC(=O)NCC1(CCO)CC1. The van der Waals surface area contributed by atoms with Crippen LogP contribution in [0.1, 0.15) is 39.0 Å². The number of carbonyl (C=O) groups excluding carboxylic acids is 1. The fourth-order valence-electron chi connectivity index (χ4n) is 1.80. The number of aliphatic hydroxyl groups is 1. The van der Waals surface area contributed by atoms with Crippen molar-refractivity contribution in [2.75, 3.05) is 19.7 Å². The van der Waals surface area contributed by atoms with Crippen LogP contribution in [0.2, 0.25) is 0 Å². The third-order valence-corrected chi connectivity index (χ3v) is 3.53. The van der Waals surface area contributed by atoms with Gasteiger partial charge in [0, 0.05) is 19.6 Å². The summed E-state index contributed by atoms with van der Waals surface area (Å²) in [5, 5.41) is 11.8. The van der Waals surface area contributed by atoms with Crippen LogP contribution in [-0.4, -0.2) is 30.7 Å². The maximum Gasteiger partial charge on any atom is 0.220 e. The van der Waals surface area contributed by atoms with E-state index in [1.165, 1.54) is 0 Å². The minimum absolute atomic E-state index is 0.115. The molecule has 1 rings (SSSR count). The van der Waals surface area contributed by atoms with Gasteiger partial charge in [0.15, 0.2) is 0 Å². The third kappa shape index (κ3) is 4.49. The molecule has 16 heavy (non-hydrogen) atoms. The normalized spacial score (nSPS) is 19.2. The van der Waals surface area contributed by atoms with Gasteiger partial charge in [-0.15, -0.1) is 0 Å². The van der Waals surface area contributed by atoms with Crippen LogP contribution < -0.4 is 11.1 Å². The van der Waals surface area contributed by atoms with Gasteiger partial charge in [-0.3, -0.25) is 4.79 Å². The zero-order chi connectivity index (χ0) is 12.0. The lowest BCUT2D eigenvalue weighted by molar-refractivity contribution is -0.121. The quantitative estimate of drug-likeness (QED) is 0.570. The highest BCUT2D eigenvalue weighted by molar-refractivity contribution is 5.75. The second kappa shape index (κ2) is 6.21. The predicted molar refractivity (Wildman–Crippen MR) is 63.8 cm³/mol. The van der Waals surface area contributed by atoms with Gasteiger partial charge < -0.3 is 16.2 Å². The average molecular weight is 228 g/mol. The molecule has 1 aliphatic carbocycles. The number of nitrogens with two attached hydrogens (primary N) is 1. The molecule has 0 aromatic rings. The number of carbonyl (C=O) groups is 1. The fraction of sp³-hybridized carbons (Fsp3) is 0.917. The second-order valence-corrected chi connectivity index (χ2v) is 5.13. The van der Waals surface area contributed by atoms with Crippen molar-refractivity contribution in [3.05, 3.63) is 0 Å². The number of nitrogens with one attached hydrogen (secondary N) is 1. The molecule has 0 spiro atoms.